The third-order valence-electron chi connectivity index (χ3n) is 2.10. The molecule has 0 N–H and O–H groups in total. The Morgan fingerprint density at radius 1 is 1.67 bits per heavy atom. The maximum absolute atomic E-state index is 11.3. The first-order chi connectivity index (χ1) is 5.84. The molecule has 3 nitrogen and oxygen atoms in total. The summed E-state index contributed by atoms with van der Waals surface area (Å²) < 4.78 is 5.18. The molecule has 1 aliphatic rings. The fourth-order valence-corrected chi connectivity index (χ4v) is 1.38. The minimum Gasteiger partial charge on any atom is -0.381 e. The monoisotopic (exact) mass is 167 g/mol. The number of rotatable bonds is 3. The Bertz CT molecular complexity index is 189. The van der Waals surface area contributed by atoms with Gasteiger partial charge < -0.3 is 4.74 Å². The van der Waals surface area contributed by atoms with Gasteiger partial charge in [0.2, 0.25) is 0 Å². The van der Waals surface area contributed by atoms with E-state index in [2.05, 4.69) is 0 Å². The van der Waals surface area contributed by atoms with Gasteiger partial charge in [-0.15, -0.1) is 0 Å². The van der Waals surface area contributed by atoms with Crippen LogP contribution in [0.5, 0.6) is 0 Å². The lowest BCUT2D eigenvalue weighted by Gasteiger charge is -2.20. The Kier molecular flexibility index (Phi) is 3.75. The smallest absolute Gasteiger partial charge is 0.139 e. The number of ether oxygens (including phenoxy) is 1. The van der Waals surface area contributed by atoms with Crippen LogP contribution in [0.3, 0.4) is 0 Å². The van der Waals surface area contributed by atoms with Crippen molar-refractivity contribution >= 4 is 5.78 Å². The van der Waals surface area contributed by atoms with Crippen LogP contribution in [0.4, 0.5) is 0 Å². The zero-order valence-corrected chi connectivity index (χ0v) is 7.08. The van der Waals surface area contributed by atoms with Crippen LogP contribution in [0, 0.1) is 17.2 Å². The Labute approximate surface area is 72.3 Å². The molecule has 1 unspecified atom stereocenters. The zero-order valence-electron chi connectivity index (χ0n) is 7.08. The Hall–Kier alpha value is -0.880. The highest BCUT2D eigenvalue weighted by molar-refractivity contribution is 5.81. The van der Waals surface area contributed by atoms with E-state index >= 15 is 0 Å². The van der Waals surface area contributed by atoms with Gasteiger partial charge in [0.1, 0.15) is 5.78 Å². The van der Waals surface area contributed by atoms with Crippen molar-refractivity contribution in [2.24, 2.45) is 5.92 Å². The minimum absolute atomic E-state index is 0.0621. The molecule has 1 saturated heterocycles. The number of nitrogens with zero attached hydrogens (tertiary/aromatic N) is 1. The van der Waals surface area contributed by atoms with E-state index in [0.29, 0.717) is 19.4 Å². The Morgan fingerprint density at radius 2 is 2.50 bits per heavy atom. The lowest BCUT2D eigenvalue weighted by Crippen LogP contribution is -2.24. The number of hydrogen-bond donors (Lipinski definition) is 0. The summed E-state index contributed by atoms with van der Waals surface area (Å²) in [7, 11) is 0. The molecule has 66 valence electrons. The van der Waals surface area contributed by atoms with Gasteiger partial charge in [-0.25, -0.2) is 0 Å². The summed E-state index contributed by atoms with van der Waals surface area (Å²) in [5.74, 6) is 0.253. The summed E-state index contributed by atoms with van der Waals surface area (Å²) in [6.45, 7) is 1.34. The van der Waals surface area contributed by atoms with Gasteiger partial charge >= 0.3 is 0 Å². The zero-order chi connectivity index (χ0) is 8.81. The molecule has 0 radical (unpaired) electrons. The molecule has 12 heavy (non-hydrogen) atoms. The fraction of sp³-hybridized carbons (Fsp3) is 0.778. The second-order valence-electron chi connectivity index (χ2n) is 3.04. The summed E-state index contributed by atoms with van der Waals surface area (Å²) in [5, 5.41) is 8.28. The van der Waals surface area contributed by atoms with Gasteiger partial charge in [0.25, 0.3) is 0 Å². The van der Waals surface area contributed by atoms with E-state index in [0.717, 1.165) is 19.4 Å². The molecule has 0 aromatic heterocycles. The van der Waals surface area contributed by atoms with Crippen LogP contribution in [-0.2, 0) is 9.53 Å². The maximum atomic E-state index is 11.3. The first kappa shape index (κ1) is 9.21. The van der Waals surface area contributed by atoms with Crippen LogP contribution in [-0.4, -0.2) is 19.0 Å². The maximum Gasteiger partial charge on any atom is 0.139 e. The lowest BCUT2D eigenvalue weighted by molar-refractivity contribution is -0.126. The van der Waals surface area contributed by atoms with Crippen LogP contribution in [0.25, 0.3) is 0 Å². The number of nitriles is 1. The highest BCUT2D eigenvalue weighted by Crippen LogP contribution is 2.16. The van der Waals surface area contributed by atoms with Crippen molar-refractivity contribution in [2.75, 3.05) is 13.2 Å². The van der Waals surface area contributed by atoms with Crippen molar-refractivity contribution < 1.29 is 9.53 Å². The largest absolute Gasteiger partial charge is 0.381 e. The molecular weight excluding hydrogens is 154 g/mol. The number of hydrogen-bond acceptors (Lipinski definition) is 3. The first-order valence-electron chi connectivity index (χ1n) is 4.32. The van der Waals surface area contributed by atoms with Gasteiger partial charge in [0.15, 0.2) is 0 Å². The standard InChI is InChI=1S/C9H13NO2/c10-5-1-4-9(11)8-3-2-6-12-7-8/h8H,1-4,6-7H2. The van der Waals surface area contributed by atoms with Gasteiger partial charge in [0.05, 0.1) is 12.7 Å². The molecule has 0 aromatic rings. The molecule has 0 saturated carbocycles. The number of carbonyl (C=O) groups excluding carboxylic acids is 1. The van der Waals surface area contributed by atoms with Crippen LogP contribution in [0.2, 0.25) is 0 Å². The van der Waals surface area contributed by atoms with E-state index < -0.39 is 0 Å². The molecule has 0 bridgehead atoms. The Balaban J connectivity index is 2.26. The number of ketones is 1. The molecular formula is C9H13NO2. The first-order valence-corrected chi connectivity index (χ1v) is 4.32. The molecule has 0 aromatic carbocycles. The normalized spacial score (nSPS) is 23.1. The predicted molar refractivity (Wildman–Crippen MR) is 43.4 cm³/mol. The second kappa shape index (κ2) is 4.89. The fourth-order valence-electron chi connectivity index (χ4n) is 1.38. The van der Waals surface area contributed by atoms with Crippen molar-refractivity contribution in [1.82, 2.24) is 0 Å². The van der Waals surface area contributed by atoms with Crippen molar-refractivity contribution in [3.05, 3.63) is 0 Å². The Morgan fingerprint density at radius 3 is 3.08 bits per heavy atom. The minimum atomic E-state index is 0.0621. The van der Waals surface area contributed by atoms with Gasteiger partial charge in [-0.2, -0.15) is 5.26 Å². The third kappa shape index (κ3) is 2.63. The quantitative estimate of drug-likeness (QED) is 0.636. The molecule has 1 fully saturated rings. The van der Waals surface area contributed by atoms with Crippen molar-refractivity contribution in [1.29, 1.82) is 5.26 Å². The van der Waals surface area contributed by atoms with Crippen molar-refractivity contribution in [3.8, 4) is 6.07 Å². The van der Waals surface area contributed by atoms with E-state index in [-0.39, 0.29) is 11.7 Å². The van der Waals surface area contributed by atoms with E-state index in [4.69, 9.17) is 10.00 Å². The van der Waals surface area contributed by atoms with E-state index in [1.165, 1.54) is 0 Å². The van der Waals surface area contributed by atoms with E-state index in [1.54, 1.807) is 0 Å². The van der Waals surface area contributed by atoms with E-state index in [9.17, 15) is 4.79 Å². The van der Waals surface area contributed by atoms with Crippen LogP contribution in [0.1, 0.15) is 25.7 Å². The molecule has 0 spiro atoms. The number of Topliss-reactive ketones (excluding diaryl/α,β-unsaturated/α-hetero) is 1. The van der Waals surface area contributed by atoms with Gasteiger partial charge in [0, 0.05) is 25.4 Å². The summed E-state index contributed by atoms with van der Waals surface area (Å²) >= 11 is 0. The van der Waals surface area contributed by atoms with Crippen LogP contribution >= 0.6 is 0 Å². The van der Waals surface area contributed by atoms with Crippen LogP contribution in [0.15, 0.2) is 0 Å². The van der Waals surface area contributed by atoms with Crippen LogP contribution < -0.4 is 0 Å². The van der Waals surface area contributed by atoms with E-state index in [1.807, 2.05) is 6.07 Å². The highest BCUT2D eigenvalue weighted by Gasteiger charge is 2.20. The second-order valence-corrected chi connectivity index (χ2v) is 3.04. The van der Waals surface area contributed by atoms with Crippen molar-refractivity contribution in [2.45, 2.75) is 25.7 Å². The summed E-state index contributed by atoms with van der Waals surface area (Å²) in [4.78, 5) is 11.3. The highest BCUT2D eigenvalue weighted by atomic mass is 16.5. The average Bonchev–Trinajstić information content (AvgIpc) is 2.15. The SMILES string of the molecule is N#CCCC(=O)C1CCCOC1. The molecule has 0 aliphatic carbocycles. The molecule has 1 rings (SSSR count). The summed E-state index contributed by atoms with van der Waals surface area (Å²) in [6, 6.07) is 1.98. The third-order valence-corrected chi connectivity index (χ3v) is 2.10. The van der Waals surface area contributed by atoms with Crippen molar-refractivity contribution in [3.63, 3.8) is 0 Å². The molecule has 1 heterocycles. The van der Waals surface area contributed by atoms with Gasteiger partial charge in [-0.1, -0.05) is 0 Å². The lowest BCUT2D eigenvalue weighted by atomic mass is 9.95. The summed E-state index contributed by atoms with van der Waals surface area (Å²) in [6.07, 6.45) is 2.65. The predicted octanol–water partition coefficient (Wildman–Crippen LogP) is 1.29. The molecule has 1 atom stereocenters. The molecule has 3 heteroatoms. The molecule has 1 aliphatic heterocycles. The van der Waals surface area contributed by atoms with Gasteiger partial charge in [-0.05, 0) is 12.8 Å². The summed E-state index contributed by atoms with van der Waals surface area (Å²) in [5.41, 5.74) is 0. The number of carbonyl (C=O) groups is 1. The van der Waals surface area contributed by atoms with Gasteiger partial charge in [-0.3, -0.25) is 4.79 Å². The average molecular weight is 167 g/mol. The topological polar surface area (TPSA) is 50.1 Å². The molecule has 0 amide bonds.